The predicted octanol–water partition coefficient (Wildman–Crippen LogP) is 1.86. The van der Waals surface area contributed by atoms with Crippen molar-refractivity contribution in [2.45, 2.75) is 10.6 Å². The summed E-state index contributed by atoms with van der Waals surface area (Å²) in [6, 6.07) is 5.98. The zero-order valence-electron chi connectivity index (χ0n) is 10.4. The Hall–Kier alpha value is -2.68. The molecule has 1 N–H and O–H groups in total. The highest BCUT2D eigenvalue weighted by Gasteiger charge is 2.26. The van der Waals surface area contributed by atoms with Gasteiger partial charge in [-0.05, 0) is 12.1 Å². The minimum absolute atomic E-state index is 0.106. The Balaban J connectivity index is 2.38. The summed E-state index contributed by atoms with van der Waals surface area (Å²) < 4.78 is 29.2. The van der Waals surface area contributed by atoms with Gasteiger partial charge in [0.2, 0.25) is 0 Å². The van der Waals surface area contributed by atoms with Crippen molar-refractivity contribution in [1.82, 2.24) is 0 Å². The number of benzene rings is 1. The summed E-state index contributed by atoms with van der Waals surface area (Å²) >= 11 is 0. The van der Waals surface area contributed by atoms with E-state index in [9.17, 15) is 23.3 Å². The van der Waals surface area contributed by atoms with E-state index in [2.05, 4.69) is 0 Å². The number of furan rings is 1. The van der Waals surface area contributed by atoms with Gasteiger partial charge in [0.15, 0.2) is 9.84 Å². The third kappa shape index (κ3) is 3.08. The molecule has 9 heteroatoms. The Morgan fingerprint density at radius 3 is 2.57 bits per heavy atom. The van der Waals surface area contributed by atoms with Gasteiger partial charge in [-0.3, -0.25) is 10.1 Å². The number of nitro benzene ring substituents is 1. The number of sulfone groups is 1. The number of aromatic carboxylic acids is 1. The van der Waals surface area contributed by atoms with Crippen LogP contribution in [-0.2, 0) is 15.6 Å². The van der Waals surface area contributed by atoms with Crippen LogP contribution in [0.1, 0.15) is 16.1 Å². The van der Waals surface area contributed by atoms with Crippen LogP contribution in [0.15, 0.2) is 45.9 Å². The molecule has 0 saturated carbocycles. The van der Waals surface area contributed by atoms with Crippen molar-refractivity contribution in [3.63, 3.8) is 0 Å². The van der Waals surface area contributed by atoms with Gasteiger partial charge < -0.3 is 9.52 Å². The van der Waals surface area contributed by atoms with E-state index in [4.69, 9.17) is 9.52 Å². The molecule has 0 atom stereocenters. The first-order chi connectivity index (χ1) is 9.81. The van der Waals surface area contributed by atoms with E-state index >= 15 is 0 Å². The third-order valence-corrected chi connectivity index (χ3v) is 4.31. The summed E-state index contributed by atoms with van der Waals surface area (Å²) in [6.07, 6.45) is 0.909. The number of hydrogen-bond acceptors (Lipinski definition) is 6. The highest BCUT2D eigenvalue weighted by molar-refractivity contribution is 7.90. The number of rotatable bonds is 5. The van der Waals surface area contributed by atoms with Gasteiger partial charge >= 0.3 is 5.97 Å². The number of nitro groups is 1. The fraction of sp³-hybridized carbons (Fsp3) is 0.0833. The maximum atomic E-state index is 12.2. The maximum absolute atomic E-state index is 12.2. The van der Waals surface area contributed by atoms with E-state index in [1.165, 1.54) is 12.1 Å². The van der Waals surface area contributed by atoms with Crippen LogP contribution in [0, 0.1) is 10.1 Å². The molecule has 0 fully saturated rings. The Bertz CT molecular complexity index is 807. The molecule has 110 valence electrons. The lowest BCUT2D eigenvalue weighted by atomic mass is 10.3. The van der Waals surface area contributed by atoms with Crippen LogP contribution in [-0.4, -0.2) is 24.4 Å². The SMILES string of the molecule is O=C(O)c1coc(CS(=O)(=O)c2ccccc2[N+](=O)[O-])c1. The summed E-state index contributed by atoms with van der Waals surface area (Å²) in [6.45, 7) is 0. The molecule has 0 radical (unpaired) electrons. The van der Waals surface area contributed by atoms with Crippen LogP contribution in [0.3, 0.4) is 0 Å². The molecule has 0 aliphatic rings. The van der Waals surface area contributed by atoms with E-state index in [-0.39, 0.29) is 11.3 Å². The van der Waals surface area contributed by atoms with Gasteiger partial charge in [0, 0.05) is 6.07 Å². The molecular formula is C12H9NO7S. The lowest BCUT2D eigenvalue weighted by molar-refractivity contribution is -0.387. The molecule has 8 nitrogen and oxygen atoms in total. The third-order valence-electron chi connectivity index (χ3n) is 2.63. The Morgan fingerprint density at radius 2 is 2.00 bits per heavy atom. The van der Waals surface area contributed by atoms with Gasteiger partial charge in [0.1, 0.15) is 22.7 Å². The van der Waals surface area contributed by atoms with E-state index in [0.717, 1.165) is 24.5 Å². The fourth-order valence-electron chi connectivity index (χ4n) is 1.70. The zero-order chi connectivity index (χ0) is 15.6. The van der Waals surface area contributed by atoms with Crippen molar-refractivity contribution in [2.24, 2.45) is 0 Å². The minimum Gasteiger partial charge on any atom is -0.478 e. The summed E-state index contributed by atoms with van der Waals surface area (Å²) in [4.78, 5) is 20.3. The molecule has 1 aromatic carbocycles. The Kier molecular flexibility index (Phi) is 3.76. The Morgan fingerprint density at radius 1 is 1.33 bits per heavy atom. The van der Waals surface area contributed by atoms with Crippen LogP contribution in [0.4, 0.5) is 5.69 Å². The van der Waals surface area contributed by atoms with Crippen LogP contribution in [0.5, 0.6) is 0 Å². The summed E-state index contributed by atoms with van der Waals surface area (Å²) in [7, 11) is -4.03. The molecule has 0 amide bonds. The second kappa shape index (κ2) is 5.37. The number of carboxylic acid groups (broad SMARTS) is 1. The van der Waals surface area contributed by atoms with E-state index in [1.54, 1.807) is 0 Å². The van der Waals surface area contributed by atoms with Crippen molar-refractivity contribution in [3.05, 3.63) is 58.0 Å². The van der Waals surface area contributed by atoms with Gasteiger partial charge in [-0.25, -0.2) is 13.2 Å². The lowest BCUT2D eigenvalue weighted by Gasteiger charge is -2.03. The molecule has 0 aliphatic carbocycles. The highest BCUT2D eigenvalue weighted by Crippen LogP contribution is 2.26. The molecule has 2 rings (SSSR count). The number of hydrogen-bond donors (Lipinski definition) is 1. The van der Waals surface area contributed by atoms with Crippen LogP contribution >= 0.6 is 0 Å². The molecule has 0 saturated heterocycles. The first-order valence-corrected chi connectivity index (χ1v) is 7.23. The first kappa shape index (κ1) is 14.7. The van der Waals surface area contributed by atoms with Crippen molar-refractivity contribution in [2.75, 3.05) is 0 Å². The maximum Gasteiger partial charge on any atom is 0.338 e. The zero-order valence-corrected chi connectivity index (χ0v) is 11.2. The van der Waals surface area contributed by atoms with Gasteiger partial charge in [0.05, 0.1) is 10.5 Å². The quantitative estimate of drug-likeness (QED) is 0.659. The van der Waals surface area contributed by atoms with E-state index < -0.39 is 37.1 Å². The molecule has 2 aromatic rings. The second-order valence-electron chi connectivity index (χ2n) is 4.09. The summed E-state index contributed by atoms with van der Waals surface area (Å²) in [5.41, 5.74) is -0.731. The van der Waals surface area contributed by atoms with E-state index in [1.807, 2.05) is 0 Å². The minimum atomic E-state index is -4.03. The Labute approximate surface area is 118 Å². The van der Waals surface area contributed by atoms with Crippen LogP contribution in [0.2, 0.25) is 0 Å². The largest absolute Gasteiger partial charge is 0.478 e. The molecule has 1 heterocycles. The molecule has 1 aromatic heterocycles. The molecule has 0 bridgehead atoms. The van der Waals surface area contributed by atoms with Crippen molar-refractivity contribution in [3.8, 4) is 0 Å². The monoisotopic (exact) mass is 311 g/mol. The number of nitrogens with zero attached hydrogens (tertiary/aromatic N) is 1. The average molecular weight is 311 g/mol. The van der Waals surface area contributed by atoms with Crippen molar-refractivity contribution < 1.29 is 27.7 Å². The average Bonchev–Trinajstić information content (AvgIpc) is 2.86. The normalized spacial score (nSPS) is 11.2. The smallest absolute Gasteiger partial charge is 0.338 e. The van der Waals surface area contributed by atoms with Crippen LogP contribution < -0.4 is 0 Å². The summed E-state index contributed by atoms with van der Waals surface area (Å²) in [5, 5.41) is 19.6. The second-order valence-corrected chi connectivity index (χ2v) is 6.05. The van der Waals surface area contributed by atoms with Crippen LogP contribution in [0.25, 0.3) is 0 Å². The predicted molar refractivity (Wildman–Crippen MR) is 69.7 cm³/mol. The van der Waals surface area contributed by atoms with Crippen molar-refractivity contribution in [1.29, 1.82) is 0 Å². The molecular weight excluding hydrogens is 302 g/mol. The number of para-hydroxylation sites is 1. The summed E-state index contributed by atoms with van der Waals surface area (Å²) in [5.74, 6) is -2.02. The van der Waals surface area contributed by atoms with Gasteiger partial charge in [-0.2, -0.15) is 0 Å². The molecule has 21 heavy (non-hydrogen) atoms. The van der Waals surface area contributed by atoms with E-state index in [0.29, 0.717) is 0 Å². The first-order valence-electron chi connectivity index (χ1n) is 5.58. The molecule has 0 unspecified atom stereocenters. The van der Waals surface area contributed by atoms with Gasteiger partial charge in [-0.1, -0.05) is 12.1 Å². The van der Waals surface area contributed by atoms with Gasteiger partial charge in [-0.15, -0.1) is 0 Å². The number of carboxylic acids is 1. The number of carbonyl (C=O) groups is 1. The molecule has 0 aliphatic heterocycles. The topological polar surface area (TPSA) is 128 Å². The standard InChI is InChI=1S/C12H9NO7S/c14-12(15)8-5-9(20-6-8)7-21(18,19)11-4-2-1-3-10(11)13(16)17/h1-6H,7H2,(H,14,15). The highest BCUT2D eigenvalue weighted by atomic mass is 32.2. The fourth-order valence-corrected chi connectivity index (χ4v) is 3.13. The van der Waals surface area contributed by atoms with Gasteiger partial charge in [0.25, 0.3) is 5.69 Å². The molecule has 0 spiro atoms. The van der Waals surface area contributed by atoms with Crippen molar-refractivity contribution >= 4 is 21.5 Å². The lowest BCUT2D eigenvalue weighted by Crippen LogP contribution is -2.07.